The standard InChI is InChI=1S/C11H16O2/c1-10(6-5-9-13-12)11-7-3-2-4-8-11/h2-4,7-8,10,12H,5-6,9H2,1H3. The summed E-state index contributed by atoms with van der Waals surface area (Å²) in [4.78, 5) is 4.03. The Kier molecular flexibility index (Phi) is 4.50. The molecular weight excluding hydrogens is 164 g/mol. The molecule has 1 aromatic rings. The van der Waals surface area contributed by atoms with Crippen molar-refractivity contribution in [3.05, 3.63) is 35.9 Å². The van der Waals surface area contributed by atoms with Crippen molar-refractivity contribution in [2.45, 2.75) is 25.7 Å². The minimum atomic E-state index is 0.428. The van der Waals surface area contributed by atoms with Gasteiger partial charge in [-0.15, -0.1) is 0 Å². The van der Waals surface area contributed by atoms with Gasteiger partial charge in [-0.2, -0.15) is 0 Å². The highest BCUT2D eigenvalue weighted by atomic mass is 17.1. The summed E-state index contributed by atoms with van der Waals surface area (Å²) in [7, 11) is 0. The maximum absolute atomic E-state index is 8.15. The smallest absolute Gasteiger partial charge is 0.0820 e. The molecule has 0 heterocycles. The third kappa shape index (κ3) is 3.57. The largest absolute Gasteiger partial charge is 0.252 e. The van der Waals surface area contributed by atoms with E-state index in [1.165, 1.54) is 5.56 Å². The minimum absolute atomic E-state index is 0.428. The molecule has 0 aliphatic rings. The molecule has 0 spiro atoms. The molecule has 72 valence electrons. The zero-order valence-electron chi connectivity index (χ0n) is 7.94. The van der Waals surface area contributed by atoms with Gasteiger partial charge in [0.05, 0.1) is 6.61 Å². The van der Waals surface area contributed by atoms with Crippen LogP contribution in [0.2, 0.25) is 0 Å². The van der Waals surface area contributed by atoms with Crippen molar-refractivity contribution in [2.24, 2.45) is 0 Å². The summed E-state index contributed by atoms with van der Waals surface area (Å²) in [5, 5.41) is 8.15. The molecule has 0 fully saturated rings. The highest BCUT2D eigenvalue weighted by Crippen LogP contribution is 2.19. The Balaban J connectivity index is 2.35. The molecule has 0 aliphatic heterocycles. The molecule has 0 radical (unpaired) electrons. The van der Waals surface area contributed by atoms with E-state index >= 15 is 0 Å². The second-order valence-corrected chi connectivity index (χ2v) is 3.29. The van der Waals surface area contributed by atoms with Crippen LogP contribution < -0.4 is 0 Å². The van der Waals surface area contributed by atoms with Crippen LogP contribution in [-0.4, -0.2) is 11.9 Å². The summed E-state index contributed by atoms with van der Waals surface area (Å²) in [5.41, 5.74) is 1.35. The quantitative estimate of drug-likeness (QED) is 0.428. The zero-order chi connectivity index (χ0) is 9.52. The van der Waals surface area contributed by atoms with Crippen LogP contribution in [0.3, 0.4) is 0 Å². The summed E-state index contributed by atoms with van der Waals surface area (Å²) >= 11 is 0. The van der Waals surface area contributed by atoms with Crippen LogP contribution in [0.1, 0.15) is 31.2 Å². The van der Waals surface area contributed by atoms with Crippen molar-refractivity contribution in [3.63, 3.8) is 0 Å². The molecule has 2 nitrogen and oxygen atoms in total. The van der Waals surface area contributed by atoms with E-state index in [9.17, 15) is 0 Å². The van der Waals surface area contributed by atoms with Gasteiger partial charge < -0.3 is 0 Å². The van der Waals surface area contributed by atoms with Gasteiger partial charge in [0.25, 0.3) is 0 Å². The molecule has 13 heavy (non-hydrogen) atoms. The average molecular weight is 180 g/mol. The Morgan fingerprint density at radius 2 is 2.00 bits per heavy atom. The van der Waals surface area contributed by atoms with Crippen LogP contribution in [0.5, 0.6) is 0 Å². The lowest BCUT2D eigenvalue weighted by atomic mass is 9.97. The van der Waals surface area contributed by atoms with Gasteiger partial charge in [-0.05, 0) is 24.3 Å². The number of hydrogen-bond acceptors (Lipinski definition) is 2. The number of hydrogen-bond donors (Lipinski definition) is 1. The van der Waals surface area contributed by atoms with Gasteiger partial charge in [-0.1, -0.05) is 37.3 Å². The Labute approximate surface area is 79.1 Å². The van der Waals surface area contributed by atoms with Crippen LogP contribution >= 0.6 is 0 Å². The van der Waals surface area contributed by atoms with Crippen molar-refractivity contribution in [1.29, 1.82) is 0 Å². The monoisotopic (exact) mass is 180 g/mol. The molecule has 1 N–H and O–H groups in total. The van der Waals surface area contributed by atoms with E-state index in [1.54, 1.807) is 0 Å². The Bertz CT molecular complexity index is 221. The van der Waals surface area contributed by atoms with Crippen LogP contribution in [0.4, 0.5) is 0 Å². The normalized spacial score (nSPS) is 12.8. The summed E-state index contributed by atoms with van der Waals surface area (Å²) < 4.78 is 0. The van der Waals surface area contributed by atoms with E-state index in [0.29, 0.717) is 12.5 Å². The first-order valence-electron chi connectivity index (χ1n) is 4.66. The van der Waals surface area contributed by atoms with E-state index in [0.717, 1.165) is 12.8 Å². The first-order valence-corrected chi connectivity index (χ1v) is 4.66. The van der Waals surface area contributed by atoms with E-state index in [-0.39, 0.29) is 0 Å². The summed E-state index contributed by atoms with van der Waals surface area (Å²) in [6.07, 6.45) is 1.94. The predicted octanol–water partition coefficient (Wildman–Crippen LogP) is 3.06. The van der Waals surface area contributed by atoms with E-state index in [4.69, 9.17) is 5.26 Å². The maximum Gasteiger partial charge on any atom is 0.0820 e. The molecule has 1 aromatic carbocycles. The predicted molar refractivity (Wildman–Crippen MR) is 52.7 cm³/mol. The number of rotatable bonds is 5. The first kappa shape index (κ1) is 10.2. The summed E-state index contributed by atoms with van der Waals surface area (Å²) in [6.45, 7) is 2.61. The SMILES string of the molecule is CC(CCCOO)c1ccccc1. The van der Waals surface area contributed by atoms with Crippen molar-refractivity contribution < 1.29 is 10.1 Å². The van der Waals surface area contributed by atoms with Gasteiger partial charge in [-0.3, -0.25) is 5.26 Å². The zero-order valence-corrected chi connectivity index (χ0v) is 7.94. The second kappa shape index (κ2) is 5.73. The van der Waals surface area contributed by atoms with Crippen LogP contribution in [-0.2, 0) is 4.89 Å². The molecule has 0 saturated heterocycles. The molecule has 1 rings (SSSR count). The van der Waals surface area contributed by atoms with Gasteiger partial charge in [-0.25, -0.2) is 4.89 Å². The highest BCUT2D eigenvalue weighted by molar-refractivity contribution is 5.18. The topological polar surface area (TPSA) is 29.5 Å². The van der Waals surface area contributed by atoms with Crippen molar-refractivity contribution in [3.8, 4) is 0 Å². The third-order valence-electron chi connectivity index (χ3n) is 2.24. The third-order valence-corrected chi connectivity index (χ3v) is 2.24. The van der Waals surface area contributed by atoms with E-state index < -0.39 is 0 Å². The van der Waals surface area contributed by atoms with Crippen molar-refractivity contribution in [2.75, 3.05) is 6.61 Å². The lowest BCUT2D eigenvalue weighted by Crippen LogP contribution is -1.96. The molecular formula is C11H16O2. The first-order chi connectivity index (χ1) is 6.34. The van der Waals surface area contributed by atoms with Gasteiger partial charge in [0.1, 0.15) is 0 Å². The fourth-order valence-corrected chi connectivity index (χ4v) is 1.40. The maximum atomic E-state index is 8.15. The minimum Gasteiger partial charge on any atom is -0.252 e. The van der Waals surface area contributed by atoms with E-state index in [2.05, 4.69) is 23.9 Å². The van der Waals surface area contributed by atoms with Gasteiger partial charge >= 0.3 is 0 Å². The van der Waals surface area contributed by atoms with Crippen molar-refractivity contribution >= 4 is 0 Å². The van der Waals surface area contributed by atoms with Crippen LogP contribution in [0.25, 0.3) is 0 Å². The van der Waals surface area contributed by atoms with Crippen LogP contribution in [0, 0.1) is 0 Å². The second-order valence-electron chi connectivity index (χ2n) is 3.29. The summed E-state index contributed by atoms with van der Waals surface area (Å²) in [6, 6.07) is 10.4. The fourth-order valence-electron chi connectivity index (χ4n) is 1.40. The van der Waals surface area contributed by atoms with Gasteiger partial charge in [0, 0.05) is 0 Å². The number of benzene rings is 1. The molecule has 0 aromatic heterocycles. The Morgan fingerprint density at radius 1 is 1.31 bits per heavy atom. The molecule has 0 amide bonds. The fraction of sp³-hybridized carbons (Fsp3) is 0.455. The molecule has 1 unspecified atom stereocenters. The molecule has 1 atom stereocenters. The molecule has 0 bridgehead atoms. The average Bonchev–Trinajstić information content (AvgIpc) is 2.19. The Hall–Kier alpha value is -0.860. The molecule has 0 aliphatic carbocycles. The lowest BCUT2D eigenvalue weighted by molar-refractivity contribution is -0.242. The highest BCUT2D eigenvalue weighted by Gasteiger charge is 2.03. The van der Waals surface area contributed by atoms with Gasteiger partial charge in [0.15, 0.2) is 0 Å². The molecule has 0 saturated carbocycles. The Morgan fingerprint density at radius 3 is 2.62 bits per heavy atom. The van der Waals surface area contributed by atoms with Crippen molar-refractivity contribution in [1.82, 2.24) is 0 Å². The summed E-state index contributed by atoms with van der Waals surface area (Å²) in [5.74, 6) is 0.538. The van der Waals surface area contributed by atoms with E-state index in [1.807, 2.05) is 18.2 Å². The molecule has 2 heteroatoms. The lowest BCUT2D eigenvalue weighted by Gasteiger charge is -2.10. The van der Waals surface area contributed by atoms with Gasteiger partial charge in [0.2, 0.25) is 0 Å². The van der Waals surface area contributed by atoms with Crippen LogP contribution in [0.15, 0.2) is 30.3 Å².